The van der Waals surface area contributed by atoms with Crippen LogP contribution >= 0.6 is 23.1 Å². The van der Waals surface area contributed by atoms with Crippen LogP contribution in [0.2, 0.25) is 0 Å². The Labute approximate surface area is 199 Å². The normalized spacial score (nSPS) is 17.1. The molecule has 1 aliphatic heterocycles. The molecular formula is C24H22FN3O3S2. The van der Waals surface area contributed by atoms with E-state index < -0.39 is 5.92 Å². The number of nitrogens with one attached hydrogen (secondary N) is 1. The van der Waals surface area contributed by atoms with Gasteiger partial charge in [0.2, 0.25) is 0 Å². The van der Waals surface area contributed by atoms with Crippen LogP contribution in [0.3, 0.4) is 0 Å². The summed E-state index contributed by atoms with van der Waals surface area (Å²) in [6.07, 6.45) is 2.51. The third-order valence-corrected chi connectivity index (χ3v) is 7.02. The molecule has 0 saturated carbocycles. The molecule has 0 spiro atoms. The summed E-state index contributed by atoms with van der Waals surface area (Å²) in [7, 11) is 0. The molecule has 0 radical (unpaired) electrons. The highest BCUT2D eigenvalue weighted by Crippen LogP contribution is 2.42. The van der Waals surface area contributed by atoms with Crippen molar-refractivity contribution < 1.29 is 18.7 Å². The molecule has 1 fully saturated rings. The first kappa shape index (κ1) is 23.1. The molecule has 1 aliphatic rings. The minimum absolute atomic E-state index is 0.140. The molecule has 4 rings (SSSR count). The standard InChI is InChI=1S/C24H22FN3O3S2/c1-3-20-27-28-24(33-20)21-22(29)19(32-23(21)26)12-15-7-10-17(18(11-15)30-4-2)31-13-14-5-8-16(25)9-6-14/h5-12,21,26H,3-4,13H2,1-2H3/b19-12-,26-23?/t21-/m0/s1. The zero-order valence-corrected chi connectivity index (χ0v) is 19.8. The summed E-state index contributed by atoms with van der Waals surface area (Å²) in [6.45, 7) is 4.58. The number of Topliss-reactive ketones (excluding diaryl/α,β-unsaturated/α-hetero) is 1. The summed E-state index contributed by atoms with van der Waals surface area (Å²) in [6, 6.07) is 11.6. The number of allylic oxidation sites excluding steroid dienone is 1. The molecule has 170 valence electrons. The van der Waals surface area contributed by atoms with Crippen molar-refractivity contribution in [3.05, 3.63) is 74.3 Å². The Balaban J connectivity index is 1.53. The fourth-order valence-electron chi connectivity index (χ4n) is 3.24. The molecule has 0 aliphatic carbocycles. The van der Waals surface area contributed by atoms with Gasteiger partial charge in [0.05, 0.1) is 16.6 Å². The first-order valence-corrected chi connectivity index (χ1v) is 12.1. The van der Waals surface area contributed by atoms with Gasteiger partial charge in [-0.15, -0.1) is 21.5 Å². The fourth-order valence-corrected chi connectivity index (χ4v) is 5.19. The van der Waals surface area contributed by atoms with Gasteiger partial charge in [0, 0.05) is 0 Å². The average Bonchev–Trinajstić information content (AvgIpc) is 3.38. The number of carbonyl (C=O) groups excluding carboxylic acids is 1. The maximum absolute atomic E-state index is 13.1. The van der Waals surface area contributed by atoms with E-state index in [2.05, 4.69) is 10.2 Å². The lowest BCUT2D eigenvalue weighted by Gasteiger charge is -2.13. The second-order valence-corrected chi connectivity index (χ2v) is 9.39. The second-order valence-electron chi connectivity index (χ2n) is 7.21. The van der Waals surface area contributed by atoms with Crippen molar-refractivity contribution in [1.82, 2.24) is 10.2 Å². The molecule has 6 nitrogen and oxygen atoms in total. The first-order valence-electron chi connectivity index (χ1n) is 10.5. The third kappa shape index (κ3) is 5.31. The van der Waals surface area contributed by atoms with E-state index in [0.29, 0.717) is 28.0 Å². The number of ether oxygens (including phenoxy) is 2. The summed E-state index contributed by atoms with van der Waals surface area (Å²) in [5, 5.41) is 18.2. The van der Waals surface area contributed by atoms with Gasteiger partial charge in [-0.25, -0.2) is 4.39 Å². The molecule has 0 unspecified atom stereocenters. The number of thioether (sulfide) groups is 1. The highest BCUT2D eigenvalue weighted by atomic mass is 32.2. The number of aryl methyl sites for hydroxylation is 1. The number of benzene rings is 2. The van der Waals surface area contributed by atoms with Crippen LogP contribution in [0.15, 0.2) is 47.4 Å². The summed E-state index contributed by atoms with van der Waals surface area (Å²) in [5.41, 5.74) is 1.61. The molecule has 1 saturated heterocycles. The zero-order chi connectivity index (χ0) is 23.4. The van der Waals surface area contributed by atoms with Crippen LogP contribution in [0.1, 0.15) is 40.9 Å². The number of halogens is 1. The lowest BCUT2D eigenvalue weighted by molar-refractivity contribution is -0.114. The van der Waals surface area contributed by atoms with Gasteiger partial charge in [-0.3, -0.25) is 10.2 Å². The van der Waals surface area contributed by atoms with Crippen LogP contribution in [0.5, 0.6) is 11.5 Å². The van der Waals surface area contributed by atoms with Crippen molar-refractivity contribution in [2.45, 2.75) is 32.8 Å². The zero-order valence-electron chi connectivity index (χ0n) is 18.1. The molecule has 2 aromatic carbocycles. The predicted octanol–water partition coefficient (Wildman–Crippen LogP) is 5.64. The van der Waals surface area contributed by atoms with Crippen molar-refractivity contribution in [3.63, 3.8) is 0 Å². The monoisotopic (exact) mass is 483 g/mol. The lowest BCUT2D eigenvalue weighted by Crippen LogP contribution is -2.11. The number of hydrogen-bond donors (Lipinski definition) is 1. The topological polar surface area (TPSA) is 85.2 Å². The van der Waals surface area contributed by atoms with E-state index in [1.807, 2.05) is 19.9 Å². The van der Waals surface area contributed by atoms with Crippen molar-refractivity contribution in [1.29, 1.82) is 5.41 Å². The summed E-state index contributed by atoms with van der Waals surface area (Å²) >= 11 is 2.53. The quantitative estimate of drug-likeness (QED) is 0.418. The Morgan fingerprint density at radius 1 is 1.09 bits per heavy atom. The van der Waals surface area contributed by atoms with E-state index in [-0.39, 0.29) is 23.3 Å². The van der Waals surface area contributed by atoms with Gasteiger partial charge >= 0.3 is 0 Å². The van der Waals surface area contributed by atoms with Crippen LogP contribution in [0.25, 0.3) is 6.08 Å². The minimum Gasteiger partial charge on any atom is -0.490 e. The Morgan fingerprint density at radius 2 is 1.88 bits per heavy atom. The Kier molecular flexibility index (Phi) is 7.20. The molecular weight excluding hydrogens is 461 g/mol. The maximum Gasteiger partial charge on any atom is 0.186 e. The summed E-state index contributed by atoms with van der Waals surface area (Å²) < 4.78 is 24.7. The van der Waals surface area contributed by atoms with Crippen molar-refractivity contribution in [2.24, 2.45) is 0 Å². The van der Waals surface area contributed by atoms with E-state index in [0.717, 1.165) is 34.3 Å². The second kappa shape index (κ2) is 10.3. The molecule has 0 amide bonds. The summed E-state index contributed by atoms with van der Waals surface area (Å²) in [4.78, 5) is 13.5. The number of rotatable bonds is 8. The molecule has 33 heavy (non-hydrogen) atoms. The Morgan fingerprint density at radius 3 is 2.58 bits per heavy atom. The lowest BCUT2D eigenvalue weighted by atomic mass is 10.1. The predicted molar refractivity (Wildman–Crippen MR) is 129 cm³/mol. The van der Waals surface area contributed by atoms with E-state index in [1.54, 1.807) is 30.3 Å². The molecule has 3 aromatic rings. The van der Waals surface area contributed by atoms with Crippen molar-refractivity contribution in [2.75, 3.05) is 6.61 Å². The van der Waals surface area contributed by atoms with Crippen LogP contribution in [-0.2, 0) is 17.8 Å². The molecule has 1 aromatic heterocycles. The number of ketones is 1. The number of hydrogen-bond acceptors (Lipinski definition) is 8. The van der Waals surface area contributed by atoms with Crippen LogP contribution < -0.4 is 9.47 Å². The third-order valence-electron chi connectivity index (χ3n) is 4.89. The van der Waals surface area contributed by atoms with E-state index in [4.69, 9.17) is 14.9 Å². The Hall–Kier alpha value is -3.04. The largest absolute Gasteiger partial charge is 0.490 e. The highest BCUT2D eigenvalue weighted by molar-refractivity contribution is 8.19. The molecule has 0 bridgehead atoms. The smallest absolute Gasteiger partial charge is 0.186 e. The molecule has 9 heteroatoms. The fraction of sp³-hybridized carbons (Fsp3) is 0.250. The maximum atomic E-state index is 13.1. The van der Waals surface area contributed by atoms with Crippen LogP contribution in [0.4, 0.5) is 4.39 Å². The summed E-state index contributed by atoms with van der Waals surface area (Å²) in [5.74, 6) is -0.00658. The van der Waals surface area contributed by atoms with Crippen molar-refractivity contribution >= 4 is 40.0 Å². The van der Waals surface area contributed by atoms with E-state index in [9.17, 15) is 9.18 Å². The van der Waals surface area contributed by atoms with Gasteiger partial charge in [0.1, 0.15) is 28.4 Å². The van der Waals surface area contributed by atoms with E-state index >= 15 is 0 Å². The average molecular weight is 484 g/mol. The highest BCUT2D eigenvalue weighted by Gasteiger charge is 2.39. The van der Waals surface area contributed by atoms with Crippen LogP contribution in [-0.4, -0.2) is 27.6 Å². The minimum atomic E-state index is -0.677. The van der Waals surface area contributed by atoms with Gasteiger partial charge in [-0.05, 0) is 54.8 Å². The van der Waals surface area contributed by atoms with E-state index in [1.165, 1.54) is 23.5 Å². The molecule has 1 N–H and O–H groups in total. The number of nitrogens with zero attached hydrogens (tertiary/aromatic N) is 2. The molecule has 1 atom stereocenters. The van der Waals surface area contributed by atoms with Gasteiger partial charge in [-0.2, -0.15) is 0 Å². The number of aromatic nitrogens is 2. The number of carbonyl (C=O) groups is 1. The van der Waals surface area contributed by atoms with Gasteiger partial charge in [0.15, 0.2) is 17.3 Å². The Bertz CT molecular complexity index is 1210. The van der Waals surface area contributed by atoms with Gasteiger partial charge in [0.25, 0.3) is 0 Å². The first-order chi connectivity index (χ1) is 16.0. The van der Waals surface area contributed by atoms with Crippen LogP contribution in [0, 0.1) is 11.2 Å². The SMILES string of the molecule is CCOc1cc(/C=C2\SC(=N)[C@@H](c3nnc(CC)s3)C2=O)ccc1OCc1ccc(F)cc1. The van der Waals surface area contributed by atoms with Gasteiger partial charge in [-0.1, -0.05) is 36.9 Å². The van der Waals surface area contributed by atoms with Gasteiger partial charge < -0.3 is 9.47 Å². The molecule has 2 heterocycles. The van der Waals surface area contributed by atoms with Crippen molar-refractivity contribution in [3.8, 4) is 11.5 Å².